The Morgan fingerprint density at radius 3 is 2.76 bits per heavy atom. The van der Waals surface area contributed by atoms with Crippen LogP contribution in [0.2, 0.25) is 0 Å². The molecule has 2 nitrogen and oxygen atoms in total. The fourth-order valence-corrected chi connectivity index (χ4v) is 2.58. The SMILES string of the molecule is Cc1ccc(OCC2CCCC2)c(CCN)c1. The highest BCUT2D eigenvalue weighted by atomic mass is 16.5. The monoisotopic (exact) mass is 233 g/mol. The highest BCUT2D eigenvalue weighted by molar-refractivity contribution is 5.37. The topological polar surface area (TPSA) is 35.2 Å². The lowest BCUT2D eigenvalue weighted by Gasteiger charge is -2.15. The summed E-state index contributed by atoms with van der Waals surface area (Å²) in [5.74, 6) is 1.80. The quantitative estimate of drug-likeness (QED) is 0.848. The average Bonchev–Trinajstić information content (AvgIpc) is 2.81. The van der Waals surface area contributed by atoms with Crippen LogP contribution in [0.4, 0.5) is 0 Å². The average molecular weight is 233 g/mol. The van der Waals surface area contributed by atoms with Crippen LogP contribution in [-0.2, 0) is 6.42 Å². The maximum atomic E-state index is 5.97. The van der Waals surface area contributed by atoms with Crippen LogP contribution in [0.3, 0.4) is 0 Å². The minimum atomic E-state index is 0.684. The van der Waals surface area contributed by atoms with Crippen molar-refractivity contribution in [1.29, 1.82) is 0 Å². The molecule has 0 amide bonds. The molecule has 0 saturated heterocycles. The van der Waals surface area contributed by atoms with Gasteiger partial charge in [-0.2, -0.15) is 0 Å². The number of aryl methyl sites for hydroxylation is 1. The van der Waals surface area contributed by atoms with E-state index < -0.39 is 0 Å². The molecule has 0 aromatic heterocycles. The molecule has 17 heavy (non-hydrogen) atoms. The first kappa shape index (κ1) is 12.4. The molecule has 1 aromatic carbocycles. The van der Waals surface area contributed by atoms with E-state index in [0.717, 1.165) is 24.7 Å². The van der Waals surface area contributed by atoms with Gasteiger partial charge in [0.05, 0.1) is 6.61 Å². The molecule has 1 aliphatic rings. The molecular formula is C15H23NO. The lowest BCUT2D eigenvalue weighted by atomic mass is 10.1. The van der Waals surface area contributed by atoms with Crippen molar-refractivity contribution in [2.75, 3.05) is 13.2 Å². The summed E-state index contributed by atoms with van der Waals surface area (Å²) in [5.41, 5.74) is 8.18. The first-order valence-corrected chi connectivity index (χ1v) is 6.72. The van der Waals surface area contributed by atoms with E-state index in [4.69, 9.17) is 10.5 Å². The van der Waals surface area contributed by atoms with Gasteiger partial charge in [-0.25, -0.2) is 0 Å². The maximum absolute atomic E-state index is 5.97. The summed E-state index contributed by atoms with van der Waals surface area (Å²) in [4.78, 5) is 0. The number of benzene rings is 1. The molecule has 1 aliphatic carbocycles. The van der Waals surface area contributed by atoms with Gasteiger partial charge < -0.3 is 10.5 Å². The van der Waals surface area contributed by atoms with Crippen molar-refractivity contribution in [3.05, 3.63) is 29.3 Å². The van der Waals surface area contributed by atoms with Crippen molar-refractivity contribution in [1.82, 2.24) is 0 Å². The third-order valence-electron chi connectivity index (χ3n) is 3.58. The van der Waals surface area contributed by atoms with Gasteiger partial charge in [0.25, 0.3) is 0 Å². The molecule has 0 bridgehead atoms. The number of hydrogen-bond acceptors (Lipinski definition) is 2. The zero-order valence-electron chi connectivity index (χ0n) is 10.7. The summed E-state index contributed by atoms with van der Waals surface area (Å²) in [6.45, 7) is 3.67. The minimum absolute atomic E-state index is 0.684. The van der Waals surface area contributed by atoms with E-state index in [1.807, 2.05) is 0 Å². The van der Waals surface area contributed by atoms with Gasteiger partial charge in [0.1, 0.15) is 5.75 Å². The number of ether oxygens (including phenoxy) is 1. The second-order valence-corrected chi connectivity index (χ2v) is 5.11. The summed E-state index contributed by atoms with van der Waals surface area (Å²) in [7, 11) is 0. The van der Waals surface area contributed by atoms with Crippen molar-refractivity contribution >= 4 is 0 Å². The predicted molar refractivity (Wildman–Crippen MR) is 71.4 cm³/mol. The van der Waals surface area contributed by atoms with Crippen LogP contribution < -0.4 is 10.5 Å². The third-order valence-corrected chi connectivity index (χ3v) is 3.58. The number of hydrogen-bond donors (Lipinski definition) is 1. The van der Waals surface area contributed by atoms with Gasteiger partial charge in [-0.3, -0.25) is 0 Å². The Morgan fingerprint density at radius 2 is 2.06 bits per heavy atom. The molecule has 0 heterocycles. The molecule has 1 saturated carbocycles. The predicted octanol–water partition coefficient (Wildman–Crippen LogP) is 3.07. The maximum Gasteiger partial charge on any atom is 0.122 e. The van der Waals surface area contributed by atoms with Crippen molar-refractivity contribution in [3.63, 3.8) is 0 Å². The second kappa shape index (κ2) is 6.06. The van der Waals surface area contributed by atoms with E-state index in [-0.39, 0.29) is 0 Å². The van der Waals surface area contributed by atoms with Crippen LogP contribution in [-0.4, -0.2) is 13.2 Å². The van der Waals surface area contributed by atoms with Crippen LogP contribution in [0, 0.1) is 12.8 Å². The fraction of sp³-hybridized carbons (Fsp3) is 0.600. The van der Waals surface area contributed by atoms with E-state index in [1.165, 1.54) is 36.8 Å². The van der Waals surface area contributed by atoms with Crippen molar-refractivity contribution in [3.8, 4) is 5.75 Å². The molecule has 0 aliphatic heterocycles. The van der Waals surface area contributed by atoms with Gasteiger partial charge in [-0.05, 0) is 50.3 Å². The van der Waals surface area contributed by atoms with Gasteiger partial charge in [0.2, 0.25) is 0 Å². The Kier molecular flexibility index (Phi) is 4.43. The van der Waals surface area contributed by atoms with Crippen LogP contribution in [0.1, 0.15) is 36.8 Å². The molecule has 2 N–H and O–H groups in total. The van der Waals surface area contributed by atoms with Crippen LogP contribution >= 0.6 is 0 Å². The van der Waals surface area contributed by atoms with Gasteiger partial charge in [-0.15, -0.1) is 0 Å². The Morgan fingerprint density at radius 1 is 1.29 bits per heavy atom. The zero-order valence-corrected chi connectivity index (χ0v) is 10.7. The Hall–Kier alpha value is -1.02. The summed E-state index contributed by atoms with van der Waals surface area (Å²) >= 11 is 0. The molecular weight excluding hydrogens is 210 g/mol. The molecule has 0 atom stereocenters. The van der Waals surface area contributed by atoms with Gasteiger partial charge in [0.15, 0.2) is 0 Å². The number of rotatable bonds is 5. The van der Waals surface area contributed by atoms with Gasteiger partial charge in [0, 0.05) is 0 Å². The van der Waals surface area contributed by atoms with Gasteiger partial charge in [-0.1, -0.05) is 30.5 Å². The first-order valence-electron chi connectivity index (χ1n) is 6.72. The highest BCUT2D eigenvalue weighted by Crippen LogP contribution is 2.27. The standard InChI is InChI=1S/C15H23NO/c1-12-6-7-15(14(10-12)8-9-16)17-11-13-4-2-3-5-13/h6-7,10,13H,2-5,8-9,11,16H2,1H3. The lowest BCUT2D eigenvalue weighted by Crippen LogP contribution is -2.11. The molecule has 0 unspecified atom stereocenters. The van der Waals surface area contributed by atoms with E-state index in [0.29, 0.717) is 6.54 Å². The van der Waals surface area contributed by atoms with Crippen LogP contribution in [0.15, 0.2) is 18.2 Å². The molecule has 2 heteroatoms. The highest BCUT2D eigenvalue weighted by Gasteiger charge is 2.16. The summed E-state index contributed by atoms with van der Waals surface area (Å²) in [6, 6.07) is 6.40. The lowest BCUT2D eigenvalue weighted by molar-refractivity contribution is 0.250. The number of nitrogens with two attached hydrogens (primary N) is 1. The van der Waals surface area contributed by atoms with Crippen LogP contribution in [0.5, 0.6) is 5.75 Å². The Bertz CT molecular complexity index is 356. The summed E-state index contributed by atoms with van der Waals surface area (Å²) in [5, 5.41) is 0. The second-order valence-electron chi connectivity index (χ2n) is 5.11. The Balaban J connectivity index is 1.98. The smallest absolute Gasteiger partial charge is 0.122 e. The third kappa shape index (κ3) is 3.47. The normalized spacial score (nSPS) is 16.4. The van der Waals surface area contributed by atoms with Crippen molar-refractivity contribution < 1.29 is 4.74 Å². The van der Waals surface area contributed by atoms with E-state index in [1.54, 1.807) is 0 Å². The van der Waals surface area contributed by atoms with E-state index >= 15 is 0 Å². The minimum Gasteiger partial charge on any atom is -0.493 e. The summed E-state index contributed by atoms with van der Waals surface area (Å²) in [6.07, 6.45) is 6.31. The van der Waals surface area contributed by atoms with Gasteiger partial charge >= 0.3 is 0 Å². The largest absolute Gasteiger partial charge is 0.493 e. The fourth-order valence-electron chi connectivity index (χ4n) is 2.58. The van der Waals surface area contributed by atoms with Crippen molar-refractivity contribution in [2.45, 2.75) is 39.0 Å². The molecule has 2 rings (SSSR count). The zero-order chi connectivity index (χ0) is 12.1. The van der Waals surface area contributed by atoms with Crippen LogP contribution in [0.25, 0.3) is 0 Å². The van der Waals surface area contributed by atoms with E-state index in [9.17, 15) is 0 Å². The first-order chi connectivity index (χ1) is 8.29. The molecule has 94 valence electrons. The Labute approximate surface area is 104 Å². The molecule has 0 radical (unpaired) electrons. The summed E-state index contributed by atoms with van der Waals surface area (Å²) < 4.78 is 5.97. The molecule has 0 spiro atoms. The molecule has 1 aromatic rings. The van der Waals surface area contributed by atoms with Crippen molar-refractivity contribution in [2.24, 2.45) is 11.7 Å². The molecule has 1 fully saturated rings. The van der Waals surface area contributed by atoms with E-state index in [2.05, 4.69) is 25.1 Å².